The summed E-state index contributed by atoms with van der Waals surface area (Å²) >= 11 is 0. The van der Waals surface area contributed by atoms with Crippen molar-refractivity contribution in [2.24, 2.45) is 10.8 Å². The van der Waals surface area contributed by atoms with Crippen molar-refractivity contribution >= 4 is 0 Å². The van der Waals surface area contributed by atoms with E-state index in [0.29, 0.717) is 13.0 Å². The lowest BCUT2D eigenvalue weighted by Crippen LogP contribution is -2.34. The van der Waals surface area contributed by atoms with Crippen LogP contribution in [-0.2, 0) is 0 Å². The summed E-state index contributed by atoms with van der Waals surface area (Å²) in [5, 5.41) is 9.99. The van der Waals surface area contributed by atoms with Gasteiger partial charge >= 0.3 is 0 Å². The Balaban J connectivity index is 3.93. The maximum absolute atomic E-state index is 12.4. The normalized spacial score (nSPS) is 15.2. The minimum absolute atomic E-state index is 0.0536. The van der Waals surface area contributed by atoms with Gasteiger partial charge in [-0.3, -0.25) is 4.39 Å². The van der Waals surface area contributed by atoms with Gasteiger partial charge in [0.05, 0.1) is 12.8 Å². The molecule has 3 heteroatoms. The van der Waals surface area contributed by atoms with Crippen molar-refractivity contribution in [3.8, 4) is 0 Å². The largest absolute Gasteiger partial charge is 0.392 e. The Morgan fingerprint density at radius 3 is 2.11 bits per heavy atom. The van der Waals surface area contributed by atoms with Crippen LogP contribution in [0.25, 0.3) is 0 Å². The van der Waals surface area contributed by atoms with Gasteiger partial charge < -0.3 is 10.0 Å². The highest BCUT2D eigenvalue weighted by atomic mass is 19.1. The lowest BCUT2D eigenvalue weighted by atomic mass is 9.86. The van der Waals surface area contributed by atoms with Crippen LogP contribution in [0, 0.1) is 10.8 Å². The van der Waals surface area contributed by atoms with Crippen LogP contribution in [0.5, 0.6) is 0 Å². The smallest absolute Gasteiger partial charge is 0.0899 e. The second kappa shape index (κ2) is 7.44. The van der Waals surface area contributed by atoms with E-state index in [1.165, 1.54) is 0 Å². The van der Waals surface area contributed by atoms with Crippen molar-refractivity contribution in [1.29, 1.82) is 0 Å². The van der Waals surface area contributed by atoms with Crippen LogP contribution in [0.2, 0.25) is 0 Å². The molecule has 0 heterocycles. The predicted octanol–water partition coefficient (Wildman–Crippen LogP) is 3.49. The lowest BCUT2D eigenvalue weighted by molar-refractivity contribution is 0.0807. The quantitative estimate of drug-likeness (QED) is 0.723. The zero-order valence-corrected chi connectivity index (χ0v) is 13.1. The van der Waals surface area contributed by atoms with Gasteiger partial charge in [-0.2, -0.15) is 0 Å². The Bertz CT molecular complexity index is 223. The molecule has 0 bridgehead atoms. The molecule has 0 aliphatic rings. The molecule has 0 fully saturated rings. The number of hydrogen-bond acceptors (Lipinski definition) is 2. The number of nitrogens with zero attached hydrogens (tertiary/aromatic N) is 1. The number of hydrogen-bond donors (Lipinski definition) is 1. The standard InChI is InChI=1S/C15H32FNO/c1-14(2,3)11-13(18)12-17(6)10-8-15(4,5)7-9-16/h13,18H,7-12H2,1-6H3. The molecule has 1 N–H and O–H groups in total. The van der Waals surface area contributed by atoms with E-state index in [0.717, 1.165) is 19.4 Å². The van der Waals surface area contributed by atoms with E-state index in [1.54, 1.807) is 0 Å². The van der Waals surface area contributed by atoms with E-state index >= 15 is 0 Å². The van der Waals surface area contributed by atoms with Crippen LogP contribution in [-0.4, -0.2) is 42.9 Å². The third kappa shape index (κ3) is 9.84. The molecule has 2 nitrogen and oxygen atoms in total. The van der Waals surface area contributed by atoms with Gasteiger partial charge in [0.25, 0.3) is 0 Å². The van der Waals surface area contributed by atoms with E-state index in [1.807, 2.05) is 7.05 Å². The van der Waals surface area contributed by atoms with E-state index < -0.39 is 0 Å². The number of aliphatic hydroxyl groups excluding tert-OH is 1. The SMILES string of the molecule is CN(CCC(C)(C)CCF)CC(O)CC(C)(C)C. The average Bonchev–Trinajstić information content (AvgIpc) is 2.11. The topological polar surface area (TPSA) is 23.5 Å². The summed E-state index contributed by atoms with van der Waals surface area (Å²) in [4.78, 5) is 2.15. The molecule has 0 saturated heterocycles. The molecular formula is C15H32FNO. The Hall–Kier alpha value is -0.150. The predicted molar refractivity (Wildman–Crippen MR) is 76.6 cm³/mol. The highest BCUT2D eigenvalue weighted by Gasteiger charge is 2.20. The highest BCUT2D eigenvalue weighted by molar-refractivity contribution is 4.73. The van der Waals surface area contributed by atoms with Crippen molar-refractivity contribution in [2.75, 3.05) is 26.8 Å². The highest BCUT2D eigenvalue weighted by Crippen LogP contribution is 2.25. The first kappa shape index (κ1) is 17.8. The van der Waals surface area contributed by atoms with Crippen LogP contribution >= 0.6 is 0 Å². The molecule has 110 valence electrons. The molecule has 0 radical (unpaired) electrons. The monoisotopic (exact) mass is 261 g/mol. The van der Waals surface area contributed by atoms with Crippen LogP contribution in [0.15, 0.2) is 0 Å². The third-order valence-corrected chi connectivity index (χ3v) is 3.31. The molecule has 0 aromatic rings. The Morgan fingerprint density at radius 2 is 1.67 bits per heavy atom. The van der Waals surface area contributed by atoms with Crippen molar-refractivity contribution in [3.63, 3.8) is 0 Å². The zero-order chi connectivity index (χ0) is 14.4. The van der Waals surface area contributed by atoms with E-state index in [-0.39, 0.29) is 23.6 Å². The molecule has 0 spiro atoms. The second-order valence-corrected chi connectivity index (χ2v) is 7.53. The Kier molecular flexibility index (Phi) is 7.38. The fourth-order valence-corrected chi connectivity index (χ4v) is 2.10. The van der Waals surface area contributed by atoms with Gasteiger partial charge in [-0.15, -0.1) is 0 Å². The molecule has 0 aliphatic carbocycles. The fraction of sp³-hybridized carbons (Fsp3) is 1.00. The zero-order valence-electron chi connectivity index (χ0n) is 13.1. The summed E-state index contributed by atoms with van der Waals surface area (Å²) in [7, 11) is 2.03. The summed E-state index contributed by atoms with van der Waals surface area (Å²) in [5.41, 5.74) is 0.214. The molecule has 0 aromatic heterocycles. The van der Waals surface area contributed by atoms with Gasteiger partial charge in [-0.1, -0.05) is 34.6 Å². The maximum Gasteiger partial charge on any atom is 0.0899 e. The van der Waals surface area contributed by atoms with Crippen LogP contribution in [0.3, 0.4) is 0 Å². The van der Waals surface area contributed by atoms with Gasteiger partial charge in [0, 0.05) is 6.54 Å². The first-order valence-corrected chi connectivity index (χ1v) is 6.98. The van der Waals surface area contributed by atoms with E-state index in [2.05, 4.69) is 39.5 Å². The first-order valence-electron chi connectivity index (χ1n) is 6.98. The summed E-state index contributed by atoms with van der Waals surface area (Å²) < 4.78 is 12.4. The molecule has 0 amide bonds. The summed E-state index contributed by atoms with van der Waals surface area (Å²) in [6, 6.07) is 0. The molecule has 0 aromatic carbocycles. The summed E-state index contributed by atoms with van der Waals surface area (Å²) in [6.07, 6.45) is 2.12. The van der Waals surface area contributed by atoms with Gasteiger partial charge in [0.1, 0.15) is 0 Å². The van der Waals surface area contributed by atoms with Crippen molar-refractivity contribution < 1.29 is 9.50 Å². The van der Waals surface area contributed by atoms with Crippen LogP contribution in [0.4, 0.5) is 4.39 Å². The first-order chi connectivity index (χ1) is 8.06. The van der Waals surface area contributed by atoms with E-state index in [9.17, 15) is 9.50 Å². The Morgan fingerprint density at radius 1 is 1.11 bits per heavy atom. The third-order valence-electron chi connectivity index (χ3n) is 3.31. The van der Waals surface area contributed by atoms with Gasteiger partial charge in [0.2, 0.25) is 0 Å². The minimum Gasteiger partial charge on any atom is -0.392 e. The average molecular weight is 261 g/mol. The molecule has 0 rings (SSSR count). The van der Waals surface area contributed by atoms with Gasteiger partial charge in [0.15, 0.2) is 0 Å². The number of halogens is 1. The molecule has 1 unspecified atom stereocenters. The molecule has 1 atom stereocenters. The molecule has 18 heavy (non-hydrogen) atoms. The Labute approximate surface area is 113 Å². The molecule has 0 aliphatic heterocycles. The van der Waals surface area contributed by atoms with Crippen LogP contribution in [0.1, 0.15) is 53.9 Å². The number of aliphatic hydroxyl groups is 1. The van der Waals surface area contributed by atoms with Gasteiger partial charge in [-0.25, -0.2) is 0 Å². The lowest BCUT2D eigenvalue weighted by Gasteiger charge is -2.29. The number of alkyl halides is 1. The number of likely N-dealkylation sites (N-methyl/N-ethyl adjacent to an activating group) is 1. The van der Waals surface area contributed by atoms with Gasteiger partial charge in [-0.05, 0) is 43.7 Å². The summed E-state index contributed by atoms with van der Waals surface area (Å²) in [6.45, 7) is 12.0. The number of rotatable bonds is 8. The fourth-order valence-electron chi connectivity index (χ4n) is 2.10. The van der Waals surface area contributed by atoms with E-state index in [4.69, 9.17) is 0 Å². The molecule has 0 saturated carbocycles. The molecular weight excluding hydrogens is 229 g/mol. The van der Waals surface area contributed by atoms with Crippen molar-refractivity contribution in [1.82, 2.24) is 4.90 Å². The minimum atomic E-state index is -0.278. The maximum atomic E-state index is 12.4. The second-order valence-electron chi connectivity index (χ2n) is 7.53. The summed E-state index contributed by atoms with van der Waals surface area (Å²) in [5.74, 6) is 0. The van der Waals surface area contributed by atoms with Crippen molar-refractivity contribution in [2.45, 2.75) is 60.0 Å². The van der Waals surface area contributed by atoms with Crippen LogP contribution < -0.4 is 0 Å². The van der Waals surface area contributed by atoms with Crippen molar-refractivity contribution in [3.05, 3.63) is 0 Å².